The van der Waals surface area contributed by atoms with Gasteiger partial charge in [-0.15, -0.1) is 9.97 Å². The second-order valence-corrected chi connectivity index (χ2v) is 15.5. The molecule has 0 unspecified atom stereocenters. The number of pyridine rings is 2. The number of hydrogen-bond donors (Lipinski definition) is 6. The summed E-state index contributed by atoms with van der Waals surface area (Å²) in [5, 5.41) is 4.10. The van der Waals surface area contributed by atoms with E-state index >= 15 is 0 Å². The van der Waals surface area contributed by atoms with Crippen LogP contribution in [0.3, 0.4) is 0 Å². The van der Waals surface area contributed by atoms with E-state index in [9.17, 15) is 26.4 Å². The van der Waals surface area contributed by atoms with Crippen LogP contribution in [-0.4, -0.2) is 124 Å². The van der Waals surface area contributed by atoms with Crippen LogP contribution < -0.4 is 40.9 Å². The van der Waals surface area contributed by atoms with Crippen LogP contribution in [0.5, 0.6) is 12.0 Å². The fourth-order valence-electron chi connectivity index (χ4n) is 4.91. The number of aromatic nitrogens is 8. The molecule has 4 rings (SSSR count). The Hall–Kier alpha value is -5.46. The molecule has 4 aromatic heterocycles. The molecule has 0 bridgehead atoms. The number of H-pyrrole nitrogens is 2. The summed E-state index contributed by atoms with van der Waals surface area (Å²) in [4.78, 5) is 57.4. The third kappa shape index (κ3) is 14.7. The molecule has 0 saturated carbocycles. The van der Waals surface area contributed by atoms with E-state index in [1.54, 1.807) is 0 Å². The number of nitrogens with zero attached hydrogens (tertiary/aromatic N) is 8. The topological polar surface area (TPSA) is 284 Å². The fraction of sp³-hybridized carbons (Fsp3) is 0.484. The largest absolute Gasteiger partial charge is 0.463 e. The smallest absolute Gasteiger partial charge is 0.352 e. The minimum Gasteiger partial charge on any atom is -0.463 e. The summed E-state index contributed by atoms with van der Waals surface area (Å²) >= 11 is 0. The Kier molecular flexibility index (Phi) is 15.6. The van der Waals surface area contributed by atoms with E-state index in [1.807, 2.05) is 0 Å². The molecule has 0 saturated heterocycles. The van der Waals surface area contributed by atoms with Crippen LogP contribution in [0.15, 0.2) is 46.0 Å². The Labute approximate surface area is 318 Å². The zero-order chi connectivity index (χ0) is 39.8. The van der Waals surface area contributed by atoms with E-state index in [-0.39, 0.29) is 60.4 Å². The lowest BCUT2D eigenvalue weighted by Gasteiger charge is -2.17. The molecule has 22 nitrogen and oxygen atoms in total. The third-order valence-electron chi connectivity index (χ3n) is 7.57. The number of sulfonamides is 2. The van der Waals surface area contributed by atoms with Crippen molar-refractivity contribution in [1.82, 2.24) is 49.7 Å². The highest BCUT2D eigenvalue weighted by Gasteiger charge is 2.24. The minimum atomic E-state index is -4.54. The predicted octanol–water partition coefficient (Wildman–Crippen LogP) is 1.28. The average Bonchev–Trinajstić information content (AvgIpc) is 3.10. The lowest BCUT2D eigenvalue weighted by atomic mass is 10.4. The summed E-state index contributed by atoms with van der Waals surface area (Å²) in [6, 6.07) is 8.10. The van der Waals surface area contributed by atoms with Crippen molar-refractivity contribution in [3.63, 3.8) is 0 Å². The second kappa shape index (κ2) is 20.3. The van der Waals surface area contributed by atoms with Gasteiger partial charge in [-0.05, 0) is 63.3 Å². The quantitative estimate of drug-likeness (QED) is 0.0544. The van der Waals surface area contributed by atoms with Crippen molar-refractivity contribution in [1.29, 1.82) is 0 Å². The third-order valence-corrected chi connectivity index (χ3v) is 11.1. The lowest BCUT2D eigenvalue weighted by Crippen LogP contribution is -2.28. The Bertz CT molecular complexity index is 2030. The maximum atomic E-state index is 12.9. The summed E-state index contributed by atoms with van der Waals surface area (Å²) in [5.41, 5.74) is -1.47. The first-order chi connectivity index (χ1) is 26.3. The number of hydrogen-bond acceptors (Lipinski definition) is 18. The van der Waals surface area contributed by atoms with Gasteiger partial charge >= 0.3 is 23.4 Å². The molecule has 0 radical (unpaired) electrons. The van der Waals surface area contributed by atoms with Crippen molar-refractivity contribution in [3.05, 3.63) is 57.4 Å². The Morgan fingerprint density at radius 3 is 1.35 bits per heavy atom. The fourth-order valence-corrected chi connectivity index (χ4v) is 7.88. The van der Waals surface area contributed by atoms with Crippen molar-refractivity contribution >= 4 is 55.2 Å². The van der Waals surface area contributed by atoms with Crippen LogP contribution in [0.25, 0.3) is 0 Å². The van der Waals surface area contributed by atoms with Gasteiger partial charge < -0.3 is 29.9 Å². The molecule has 0 atom stereocenters. The maximum Gasteiger partial charge on any atom is 0.352 e. The molecule has 300 valence electrons. The standard InChI is InChI=1S/C31H46N14O8S2/c1-5-44(6-2)17-11-19-52-30-38-26(36-28(46)40-30)34-22-13-9-15-24(32-22)42-54(48,49)21-55(50,51)43-25-16-10-14-23(33-25)35-27-37-29(47)41-31(39-27)53-20-12-18-45(7-3)8-4/h9-10,13-16H,5-8,11-12,17-21H2,1-4H3,(H3,32,34,36,38,40,42,46)(H3,33,35,37,39,41,43,47). The highest BCUT2D eigenvalue weighted by molar-refractivity contribution is 8.09. The van der Waals surface area contributed by atoms with Gasteiger partial charge in [0.15, 0.2) is 5.08 Å². The molecule has 0 fully saturated rings. The Balaban J connectivity index is 1.33. The SMILES string of the molecule is CCN(CC)CCCOc1nc(Nc2cccc(NS(=O)(=O)CS(=O)(=O)Nc3cccc(Nc4nc(OCCCN(CC)CC)nc(=O)[nH]4)n3)n2)[nH]c(=O)n1. The van der Waals surface area contributed by atoms with E-state index in [2.05, 4.69) is 97.4 Å². The average molecular weight is 807 g/mol. The van der Waals surface area contributed by atoms with Gasteiger partial charge in [0, 0.05) is 13.1 Å². The molecule has 0 aliphatic heterocycles. The van der Waals surface area contributed by atoms with Gasteiger partial charge in [-0.1, -0.05) is 39.8 Å². The van der Waals surface area contributed by atoms with E-state index in [4.69, 9.17) is 9.47 Å². The predicted molar refractivity (Wildman–Crippen MR) is 206 cm³/mol. The van der Waals surface area contributed by atoms with Crippen molar-refractivity contribution in [3.8, 4) is 12.0 Å². The van der Waals surface area contributed by atoms with Crippen LogP contribution in [0.2, 0.25) is 0 Å². The minimum absolute atomic E-state index is 0.0653. The normalized spacial score (nSPS) is 11.7. The van der Waals surface area contributed by atoms with Gasteiger partial charge in [0.2, 0.25) is 31.9 Å². The van der Waals surface area contributed by atoms with Crippen molar-refractivity contribution < 1.29 is 26.3 Å². The van der Waals surface area contributed by atoms with Crippen molar-refractivity contribution in [2.45, 2.75) is 40.5 Å². The number of ether oxygens (including phenoxy) is 2. The van der Waals surface area contributed by atoms with Crippen LogP contribution in [-0.2, 0) is 20.0 Å². The first-order valence-corrected chi connectivity index (χ1v) is 20.7. The molecule has 4 aromatic rings. The second-order valence-electron chi connectivity index (χ2n) is 11.6. The van der Waals surface area contributed by atoms with Crippen LogP contribution in [0.1, 0.15) is 40.5 Å². The Morgan fingerprint density at radius 2 is 0.964 bits per heavy atom. The maximum absolute atomic E-state index is 12.9. The molecular weight excluding hydrogens is 761 g/mol. The first kappa shape index (κ1) is 42.3. The zero-order valence-corrected chi connectivity index (χ0v) is 32.5. The molecule has 0 spiro atoms. The van der Waals surface area contributed by atoms with Gasteiger partial charge in [-0.2, -0.15) is 9.97 Å². The monoisotopic (exact) mass is 806 g/mol. The van der Waals surface area contributed by atoms with E-state index < -0.39 is 36.5 Å². The summed E-state index contributed by atoms with van der Waals surface area (Å²) in [6.45, 7) is 14.0. The van der Waals surface area contributed by atoms with E-state index in [1.165, 1.54) is 36.4 Å². The van der Waals surface area contributed by atoms with E-state index in [0.29, 0.717) is 12.8 Å². The molecule has 0 amide bonds. The van der Waals surface area contributed by atoms with Gasteiger partial charge in [0.25, 0.3) is 0 Å². The molecule has 24 heteroatoms. The van der Waals surface area contributed by atoms with Crippen molar-refractivity contribution in [2.24, 2.45) is 0 Å². The number of anilines is 6. The van der Waals surface area contributed by atoms with Gasteiger partial charge in [-0.25, -0.2) is 36.4 Å². The molecule has 6 N–H and O–H groups in total. The molecule has 0 aromatic carbocycles. The Morgan fingerprint density at radius 1 is 0.582 bits per heavy atom. The highest BCUT2D eigenvalue weighted by Crippen LogP contribution is 2.18. The van der Waals surface area contributed by atoms with Gasteiger partial charge in [-0.3, -0.25) is 19.4 Å². The lowest BCUT2D eigenvalue weighted by molar-refractivity contribution is 0.238. The van der Waals surface area contributed by atoms with E-state index in [0.717, 1.165) is 39.3 Å². The van der Waals surface area contributed by atoms with Crippen LogP contribution in [0, 0.1) is 0 Å². The molecule has 4 heterocycles. The van der Waals surface area contributed by atoms with Crippen molar-refractivity contribution in [2.75, 3.05) is 77.6 Å². The molecular formula is C31H46N14O8S2. The zero-order valence-electron chi connectivity index (χ0n) is 30.9. The van der Waals surface area contributed by atoms with Crippen LogP contribution >= 0.6 is 0 Å². The molecule has 0 aliphatic rings. The van der Waals surface area contributed by atoms with Gasteiger partial charge in [0.05, 0.1) is 13.2 Å². The summed E-state index contributed by atoms with van der Waals surface area (Å²) in [5.74, 6) is -0.446. The van der Waals surface area contributed by atoms with Gasteiger partial charge in [0.1, 0.15) is 23.3 Å². The molecule has 55 heavy (non-hydrogen) atoms. The summed E-state index contributed by atoms with van der Waals surface area (Å²) < 4.78 is 67.0. The first-order valence-electron chi connectivity index (χ1n) is 17.4. The summed E-state index contributed by atoms with van der Waals surface area (Å²) in [6.07, 6.45) is 1.38. The van der Waals surface area contributed by atoms with Crippen LogP contribution in [0.4, 0.5) is 35.2 Å². The summed E-state index contributed by atoms with van der Waals surface area (Å²) in [7, 11) is -9.08. The molecule has 0 aliphatic carbocycles. The highest BCUT2D eigenvalue weighted by atomic mass is 32.3. The number of nitrogens with one attached hydrogen (secondary N) is 6. The number of rotatable bonds is 24. The number of aromatic amines is 2.